The molecule has 0 saturated heterocycles. The molecular weight excluding hydrogens is 572 g/mol. The summed E-state index contributed by atoms with van der Waals surface area (Å²) < 4.78 is 26.5. The number of sulfone groups is 1. The van der Waals surface area contributed by atoms with Crippen molar-refractivity contribution in [3.05, 3.63) is 118 Å². The third kappa shape index (κ3) is 7.52. The Bertz CT molecular complexity index is 1700. The van der Waals surface area contributed by atoms with E-state index in [4.69, 9.17) is 10.2 Å². The first-order chi connectivity index (χ1) is 20.3. The molecule has 220 valence electrons. The molecule has 0 bridgehead atoms. The SMILES string of the molecule is Cc1ccc(CC(=O)O)c(C(=O)Nc2ccc(S(=O)(=O)c3ccc(NC(=O)c4cc(C)ccc4CC(=O)O)cc3)cc2)c1. The van der Waals surface area contributed by atoms with Crippen LogP contribution in [0.15, 0.2) is 94.7 Å². The highest BCUT2D eigenvalue weighted by atomic mass is 32.2. The number of aryl methyl sites for hydroxylation is 2. The summed E-state index contributed by atoms with van der Waals surface area (Å²) in [5.41, 5.74) is 3.35. The van der Waals surface area contributed by atoms with Crippen molar-refractivity contribution < 1.29 is 37.8 Å². The minimum absolute atomic E-state index is 0.0255. The van der Waals surface area contributed by atoms with Crippen molar-refractivity contribution in [3.63, 3.8) is 0 Å². The number of hydrogen-bond donors (Lipinski definition) is 4. The quantitative estimate of drug-likeness (QED) is 0.200. The zero-order chi connectivity index (χ0) is 31.3. The summed E-state index contributed by atoms with van der Waals surface area (Å²) in [6.07, 6.45) is -0.638. The normalized spacial score (nSPS) is 11.0. The van der Waals surface area contributed by atoms with Gasteiger partial charge in [0.25, 0.3) is 11.8 Å². The molecular formula is C32H28N2O8S. The molecule has 4 aromatic carbocycles. The molecule has 0 radical (unpaired) electrons. The van der Waals surface area contributed by atoms with Crippen LogP contribution in [0.5, 0.6) is 0 Å². The summed E-state index contributed by atoms with van der Waals surface area (Å²) in [7, 11) is -3.94. The zero-order valence-electron chi connectivity index (χ0n) is 23.2. The van der Waals surface area contributed by atoms with Crippen molar-refractivity contribution in [2.45, 2.75) is 36.5 Å². The van der Waals surface area contributed by atoms with E-state index < -0.39 is 33.6 Å². The third-order valence-electron chi connectivity index (χ3n) is 6.55. The standard InChI is InChI=1S/C32H28N2O8S/c1-19-3-5-21(17-29(35)36)27(15-19)31(39)33-23-7-11-25(12-8-23)43(41,42)26-13-9-24(10-14-26)34-32(40)28-16-20(2)4-6-22(28)18-30(37)38/h3-16H,17-18H2,1-2H3,(H,33,39)(H,34,40)(H,35,36)(H,37,38). The number of hydrogen-bond acceptors (Lipinski definition) is 6. The van der Waals surface area contributed by atoms with E-state index in [9.17, 15) is 27.6 Å². The predicted octanol–water partition coefficient (Wildman–Crippen LogP) is 4.90. The average Bonchev–Trinajstić information content (AvgIpc) is 2.95. The molecule has 0 atom stereocenters. The summed E-state index contributed by atoms with van der Waals surface area (Å²) in [5.74, 6) is -3.18. The van der Waals surface area contributed by atoms with Gasteiger partial charge in [0.15, 0.2) is 0 Å². The largest absolute Gasteiger partial charge is 0.481 e. The first-order valence-electron chi connectivity index (χ1n) is 13.0. The minimum Gasteiger partial charge on any atom is -0.481 e. The van der Waals surface area contributed by atoms with E-state index in [2.05, 4.69) is 10.6 Å². The Labute approximate surface area is 247 Å². The number of carboxylic acids is 2. The molecule has 4 aromatic rings. The number of amides is 2. The van der Waals surface area contributed by atoms with E-state index >= 15 is 0 Å². The third-order valence-corrected chi connectivity index (χ3v) is 8.33. The smallest absolute Gasteiger partial charge is 0.307 e. The molecule has 43 heavy (non-hydrogen) atoms. The van der Waals surface area contributed by atoms with E-state index in [1.807, 2.05) is 0 Å². The summed E-state index contributed by atoms with van der Waals surface area (Å²) in [4.78, 5) is 48.1. The fourth-order valence-electron chi connectivity index (χ4n) is 4.41. The fourth-order valence-corrected chi connectivity index (χ4v) is 5.67. The van der Waals surface area contributed by atoms with Crippen LogP contribution in [0, 0.1) is 13.8 Å². The van der Waals surface area contributed by atoms with Crippen LogP contribution < -0.4 is 10.6 Å². The van der Waals surface area contributed by atoms with Crippen LogP contribution in [0.3, 0.4) is 0 Å². The van der Waals surface area contributed by atoms with Crippen molar-refractivity contribution in [2.24, 2.45) is 0 Å². The van der Waals surface area contributed by atoms with E-state index in [-0.39, 0.29) is 33.8 Å². The molecule has 0 aliphatic carbocycles. The van der Waals surface area contributed by atoms with Gasteiger partial charge in [-0.3, -0.25) is 19.2 Å². The van der Waals surface area contributed by atoms with E-state index in [0.717, 1.165) is 11.1 Å². The lowest BCUT2D eigenvalue weighted by Gasteiger charge is -2.12. The maximum Gasteiger partial charge on any atom is 0.307 e. The zero-order valence-corrected chi connectivity index (χ0v) is 24.1. The lowest BCUT2D eigenvalue weighted by Crippen LogP contribution is -2.16. The number of anilines is 2. The molecule has 0 unspecified atom stereocenters. The molecule has 2 amide bonds. The Morgan fingerprint density at radius 2 is 0.930 bits per heavy atom. The van der Waals surface area contributed by atoms with Crippen LogP contribution in [0.4, 0.5) is 11.4 Å². The van der Waals surface area contributed by atoms with Crippen LogP contribution in [0.25, 0.3) is 0 Å². The number of nitrogens with one attached hydrogen (secondary N) is 2. The van der Waals surface area contributed by atoms with Crippen LogP contribution >= 0.6 is 0 Å². The number of carbonyl (C=O) groups excluding carboxylic acids is 2. The highest BCUT2D eigenvalue weighted by molar-refractivity contribution is 7.91. The van der Waals surface area contributed by atoms with Gasteiger partial charge >= 0.3 is 11.9 Å². The Morgan fingerprint density at radius 1 is 0.581 bits per heavy atom. The van der Waals surface area contributed by atoms with Crippen molar-refractivity contribution in [1.29, 1.82) is 0 Å². The van der Waals surface area contributed by atoms with Gasteiger partial charge in [0.1, 0.15) is 0 Å². The molecule has 0 saturated carbocycles. The van der Waals surface area contributed by atoms with Gasteiger partial charge in [0.2, 0.25) is 9.84 Å². The Kier molecular flexibility index (Phi) is 9.06. The number of aliphatic carboxylic acids is 2. The first kappa shape index (κ1) is 30.7. The van der Waals surface area contributed by atoms with Gasteiger partial charge < -0.3 is 20.8 Å². The summed E-state index contributed by atoms with van der Waals surface area (Å²) in [5, 5.41) is 23.7. The van der Waals surface area contributed by atoms with Crippen LogP contribution in [0.2, 0.25) is 0 Å². The number of carbonyl (C=O) groups is 4. The number of carboxylic acid groups (broad SMARTS) is 2. The maximum absolute atomic E-state index is 13.2. The Balaban J connectivity index is 1.47. The first-order valence-corrected chi connectivity index (χ1v) is 14.5. The van der Waals surface area contributed by atoms with Gasteiger partial charge in [0.05, 0.1) is 22.6 Å². The number of rotatable bonds is 10. The second kappa shape index (κ2) is 12.7. The Hall–Kier alpha value is -5.29. The van der Waals surface area contributed by atoms with Crippen LogP contribution in [-0.4, -0.2) is 42.4 Å². The van der Waals surface area contributed by atoms with Gasteiger partial charge in [-0.25, -0.2) is 8.42 Å². The molecule has 0 aromatic heterocycles. The molecule has 0 spiro atoms. The van der Waals surface area contributed by atoms with E-state index in [1.54, 1.807) is 50.2 Å². The molecule has 0 heterocycles. The monoisotopic (exact) mass is 600 g/mol. The molecule has 4 rings (SSSR count). The van der Waals surface area contributed by atoms with Crippen molar-refractivity contribution in [3.8, 4) is 0 Å². The number of benzene rings is 4. The van der Waals surface area contributed by atoms with Gasteiger partial charge in [-0.15, -0.1) is 0 Å². The topological polar surface area (TPSA) is 167 Å². The summed E-state index contributed by atoms with van der Waals surface area (Å²) >= 11 is 0. The maximum atomic E-state index is 13.2. The van der Waals surface area contributed by atoms with Gasteiger partial charge in [-0.1, -0.05) is 35.4 Å². The molecule has 11 heteroatoms. The average molecular weight is 601 g/mol. The van der Waals surface area contributed by atoms with Gasteiger partial charge in [0, 0.05) is 22.5 Å². The lowest BCUT2D eigenvalue weighted by molar-refractivity contribution is -0.137. The molecule has 10 nitrogen and oxygen atoms in total. The van der Waals surface area contributed by atoms with E-state index in [0.29, 0.717) is 22.5 Å². The predicted molar refractivity (Wildman–Crippen MR) is 159 cm³/mol. The van der Waals surface area contributed by atoms with Crippen molar-refractivity contribution >= 4 is 45.0 Å². The molecule has 0 aliphatic heterocycles. The summed E-state index contributed by atoms with van der Waals surface area (Å²) in [6.45, 7) is 3.56. The van der Waals surface area contributed by atoms with Gasteiger partial charge in [-0.2, -0.15) is 0 Å². The molecule has 0 fully saturated rings. The minimum atomic E-state index is -3.94. The van der Waals surface area contributed by atoms with E-state index in [1.165, 1.54) is 48.5 Å². The Morgan fingerprint density at radius 3 is 1.26 bits per heavy atom. The molecule has 0 aliphatic rings. The highest BCUT2D eigenvalue weighted by Crippen LogP contribution is 2.25. The second-order valence-corrected chi connectivity index (χ2v) is 11.9. The summed E-state index contributed by atoms with van der Waals surface area (Å²) in [6, 6.07) is 20.9. The van der Waals surface area contributed by atoms with Crippen molar-refractivity contribution in [2.75, 3.05) is 10.6 Å². The van der Waals surface area contributed by atoms with Crippen molar-refractivity contribution in [1.82, 2.24) is 0 Å². The van der Waals surface area contributed by atoms with Crippen LogP contribution in [0.1, 0.15) is 43.0 Å². The highest BCUT2D eigenvalue weighted by Gasteiger charge is 2.20. The molecule has 4 N–H and O–H groups in total. The lowest BCUT2D eigenvalue weighted by atomic mass is 10.0. The van der Waals surface area contributed by atoms with Gasteiger partial charge in [-0.05, 0) is 85.6 Å². The fraction of sp³-hybridized carbons (Fsp3) is 0.125. The second-order valence-electron chi connectivity index (χ2n) is 9.92. The van der Waals surface area contributed by atoms with Crippen LogP contribution in [-0.2, 0) is 32.3 Å².